The van der Waals surface area contributed by atoms with Crippen molar-refractivity contribution < 1.29 is 0 Å². The zero-order valence-electron chi connectivity index (χ0n) is 10.5. The topological polar surface area (TPSA) is 12.0 Å². The predicted molar refractivity (Wildman–Crippen MR) is 73.1 cm³/mol. The fourth-order valence-corrected chi connectivity index (χ4v) is 2.03. The molecule has 0 aliphatic carbocycles. The maximum absolute atomic E-state index is 3.88. The highest BCUT2D eigenvalue weighted by Gasteiger charge is 2.27. The molecule has 1 nitrogen and oxygen atoms in total. The summed E-state index contributed by atoms with van der Waals surface area (Å²) in [5, 5.41) is 3.42. The first-order chi connectivity index (χ1) is 7.76. The molecule has 1 aromatic carbocycles. The third-order valence-electron chi connectivity index (χ3n) is 2.78. The van der Waals surface area contributed by atoms with Crippen LogP contribution in [-0.4, -0.2) is 6.04 Å². The van der Waals surface area contributed by atoms with Gasteiger partial charge in [0.1, 0.15) is 0 Å². The lowest BCUT2D eigenvalue weighted by atomic mass is 9.94. The lowest BCUT2D eigenvalue weighted by Crippen LogP contribution is -2.15. The molecule has 0 aromatic heterocycles. The molecule has 1 aliphatic heterocycles. The Morgan fingerprint density at radius 3 is 2.44 bits per heavy atom. The quantitative estimate of drug-likeness (QED) is 0.726. The van der Waals surface area contributed by atoms with Gasteiger partial charge in [-0.05, 0) is 18.6 Å². The van der Waals surface area contributed by atoms with Crippen molar-refractivity contribution in [1.29, 1.82) is 0 Å². The van der Waals surface area contributed by atoms with Crippen LogP contribution in [0.2, 0.25) is 0 Å². The molecule has 0 spiro atoms. The zero-order chi connectivity index (χ0) is 12.1. The Labute approximate surface area is 98.9 Å². The molecule has 2 atom stereocenters. The van der Waals surface area contributed by atoms with Crippen LogP contribution in [0.4, 0.5) is 5.69 Å². The molecule has 16 heavy (non-hydrogen) atoms. The van der Waals surface area contributed by atoms with E-state index in [0.717, 1.165) is 0 Å². The first kappa shape index (κ1) is 12.6. The molecule has 2 rings (SSSR count). The first-order valence-electron chi connectivity index (χ1n) is 5.88. The number of hydrogen-bond donors (Lipinski definition) is 1. The smallest absolute Gasteiger partial charge is 0.0545 e. The normalized spacial score (nSPS) is 21.2. The second-order valence-electron chi connectivity index (χ2n) is 3.76. The Morgan fingerprint density at radius 1 is 1.19 bits per heavy atom. The Bertz CT molecular complexity index is 379. The summed E-state index contributed by atoms with van der Waals surface area (Å²) in [5.74, 6) is 0.363. The van der Waals surface area contributed by atoms with Gasteiger partial charge in [0.2, 0.25) is 0 Å². The summed E-state index contributed by atoms with van der Waals surface area (Å²) in [5.41, 5.74) is 3.84. The minimum absolute atomic E-state index is 0.296. The van der Waals surface area contributed by atoms with E-state index in [0.29, 0.717) is 12.0 Å². The predicted octanol–water partition coefficient (Wildman–Crippen LogP) is 4.27. The van der Waals surface area contributed by atoms with Gasteiger partial charge in [0, 0.05) is 11.6 Å². The van der Waals surface area contributed by atoms with E-state index in [1.807, 2.05) is 26.0 Å². The van der Waals surface area contributed by atoms with Crippen LogP contribution in [0.25, 0.3) is 0 Å². The highest BCUT2D eigenvalue weighted by molar-refractivity contribution is 5.62. The minimum atomic E-state index is 0.296. The van der Waals surface area contributed by atoms with Gasteiger partial charge in [-0.2, -0.15) is 0 Å². The molecule has 0 bridgehead atoms. The molecule has 0 saturated heterocycles. The Hall–Kier alpha value is -1.50. The van der Waals surface area contributed by atoms with E-state index in [4.69, 9.17) is 0 Å². The molecular weight excluding hydrogens is 194 g/mol. The summed E-state index contributed by atoms with van der Waals surface area (Å²) in [4.78, 5) is 0. The standard InChI is InChI=1S/C13H15N.C2H6/c1-4-10-11-8-9(3)6-7-13(11)14-12(10)5-2;1-2/h4-8,10,12,14H,1-2H2,3H3;1-2H3. The van der Waals surface area contributed by atoms with Gasteiger partial charge in [-0.25, -0.2) is 0 Å². The summed E-state index contributed by atoms with van der Waals surface area (Å²) >= 11 is 0. The molecule has 0 radical (unpaired) electrons. The molecule has 0 amide bonds. The van der Waals surface area contributed by atoms with E-state index in [1.54, 1.807) is 0 Å². The highest BCUT2D eigenvalue weighted by atomic mass is 15.0. The van der Waals surface area contributed by atoms with Crippen LogP contribution in [0, 0.1) is 6.92 Å². The SMILES string of the molecule is C=CC1Nc2ccc(C)cc2C1C=C.CC. The number of anilines is 1. The average molecular weight is 215 g/mol. The van der Waals surface area contributed by atoms with Gasteiger partial charge in [0.05, 0.1) is 6.04 Å². The number of fused-ring (bicyclic) bond motifs is 1. The van der Waals surface area contributed by atoms with E-state index in [9.17, 15) is 0 Å². The molecule has 2 unspecified atom stereocenters. The lowest BCUT2D eigenvalue weighted by Gasteiger charge is -2.11. The summed E-state index contributed by atoms with van der Waals surface area (Å²) in [6, 6.07) is 6.77. The summed E-state index contributed by atoms with van der Waals surface area (Å²) in [6.07, 6.45) is 3.94. The number of benzene rings is 1. The van der Waals surface area contributed by atoms with Gasteiger partial charge < -0.3 is 5.32 Å². The number of nitrogens with one attached hydrogen (secondary N) is 1. The lowest BCUT2D eigenvalue weighted by molar-refractivity contribution is 0.817. The third-order valence-corrected chi connectivity index (χ3v) is 2.78. The third kappa shape index (κ3) is 2.19. The molecule has 1 aromatic rings. The molecule has 0 saturated carbocycles. The van der Waals surface area contributed by atoms with Gasteiger partial charge in [-0.3, -0.25) is 0 Å². The molecule has 86 valence electrons. The van der Waals surface area contributed by atoms with E-state index < -0.39 is 0 Å². The van der Waals surface area contributed by atoms with Crippen LogP contribution in [0.5, 0.6) is 0 Å². The minimum Gasteiger partial charge on any atom is -0.378 e. The van der Waals surface area contributed by atoms with E-state index in [2.05, 4.69) is 43.6 Å². The Kier molecular flexibility index (Phi) is 4.36. The van der Waals surface area contributed by atoms with Crippen molar-refractivity contribution in [2.24, 2.45) is 0 Å². The summed E-state index contributed by atoms with van der Waals surface area (Å²) in [7, 11) is 0. The molecule has 0 fully saturated rings. The van der Waals surface area contributed by atoms with Gasteiger partial charge >= 0.3 is 0 Å². The van der Waals surface area contributed by atoms with Gasteiger partial charge in [0.15, 0.2) is 0 Å². The number of aryl methyl sites for hydroxylation is 1. The second kappa shape index (κ2) is 5.55. The van der Waals surface area contributed by atoms with Crippen LogP contribution >= 0.6 is 0 Å². The monoisotopic (exact) mass is 215 g/mol. The largest absolute Gasteiger partial charge is 0.378 e. The van der Waals surface area contributed by atoms with Crippen molar-refractivity contribution in [3.8, 4) is 0 Å². The first-order valence-corrected chi connectivity index (χ1v) is 5.88. The van der Waals surface area contributed by atoms with Gasteiger partial charge in [-0.1, -0.05) is 43.7 Å². The summed E-state index contributed by atoms with van der Waals surface area (Å²) in [6.45, 7) is 13.8. The Balaban J connectivity index is 0.000000606. The highest BCUT2D eigenvalue weighted by Crippen LogP contribution is 2.37. The molecule has 1 heteroatoms. The molecular formula is C15H21N. The van der Waals surface area contributed by atoms with Crippen molar-refractivity contribution in [1.82, 2.24) is 0 Å². The van der Waals surface area contributed by atoms with Crippen molar-refractivity contribution >= 4 is 5.69 Å². The van der Waals surface area contributed by atoms with Crippen LogP contribution in [0.3, 0.4) is 0 Å². The molecule has 1 heterocycles. The van der Waals surface area contributed by atoms with Crippen molar-refractivity contribution in [3.63, 3.8) is 0 Å². The fraction of sp³-hybridized carbons (Fsp3) is 0.333. The van der Waals surface area contributed by atoms with Crippen molar-refractivity contribution in [2.45, 2.75) is 32.7 Å². The van der Waals surface area contributed by atoms with Crippen molar-refractivity contribution in [3.05, 3.63) is 54.6 Å². The van der Waals surface area contributed by atoms with Crippen LogP contribution < -0.4 is 5.32 Å². The number of rotatable bonds is 2. The van der Waals surface area contributed by atoms with E-state index in [-0.39, 0.29) is 0 Å². The Morgan fingerprint density at radius 2 is 1.88 bits per heavy atom. The van der Waals surface area contributed by atoms with Crippen molar-refractivity contribution in [2.75, 3.05) is 5.32 Å². The maximum Gasteiger partial charge on any atom is 0.0545 e. The van der Waals surface area contributed by atoms with E-state index >= 15 is 0 Å². The second-order valence-corrected chi connectivity index (χ2v) is 3.76. The van der Waals surface area contributed by atoms with Crippen LogP contribution in [0.15, 0.2) is 43.5 Å². The fourth-order valence-electron chi connectivity index (χ4n) is 2.03. The van der Waals surface area contributed by atoms with Gasteiger partial charge in [0.25, 0.3) is 0 Å². The van der Waals surface area contributed by atoms with Gasteiger partial charge in [-0.15, -0.1) is 13.2 Å². The molecule has 1 N–H and O–H groups in total. The maximum atomic E-state index is 3.88. The summed E-state index contributed by atoms with van der Waals surface area (Å²) < 4.78 is 0. The van der Waals surface area contributed by atoms with Crippen LogP contribution in [-0.2, 0) is 0 Å². The average Bonchev–Trinajstić information content (AvgIpc) is 2.68. The van der Waals surface area contributed by atoms with Crippen LogP contribution in [0.1, 0.15) is 30.9 Å². The number of hydrogen-bond acceptors (Lipinski definition) is 1. The molecule has 1 aliphatic rings. The van der Waals surface area contributed by atoms with E-state index in [1.165, 1.54) is 16.8 Å². The zero-order valence-corrected chi connectivity index (χ0v) is 10.5.